The highest BCUT2D eigenvalue weighted by Gasteiger charge is 2.09. The van der Waals surface area contributed by atoms with Crippen LogP contribution in [0.25, 0.3) is 10.8 Å². The topological polar surface area (TPSA) is 9.23 Å². The fraction of sp³-hybridized carbons (Fsp3) is 0.167. The van der Waals surface area contributed by atoms with Gasteiger partial charge in [0.25, 0.3) is 0 Å². The molecule has 2 rings (SSSR count). The second-order valence-corrected chi connectivity index (χ2v) is 3.55. The molecule has 2 aromatic rings. The molecule has 0 atom stereocenters. The van der Waals surface area contributed by atoms with Gasteiger partial charge in [-0.2, -0.15) is 8.78 Å². The summed E-state index contributed by atoms with van der Waals surface area (Å²) in [6, 6.07) is 10.4. The van der Waals surface area contributed by atoms with E-state index in [-0.39, 0.29) is 5.75 Å². The van der Waals surface area contributed by atoms with Crippen molar-refractivity contribution < 1.29 is 13.5 Å². The zero-order valence-corrected chi connectivity index (χ0v) is 9.05. The van der Waals surface area contributed by atoms with Gasteiger partial charge in [0.1, 0.15) is 5.75 Å². The van der Waals surface area contributed by atoms with Gasteiger partial charge >= 0.3 is 6.61 Å². The SMILES string of the molecule is FC(F)Oc1cccc2c(CCl)cccc12. The van der Waals surface area contributed by atoms with Crippen LogP contribution in [0, 0.1) is 0 Å². The van der Waals surface area contributed by atoms with E-state index in [4.69, 9.17) is 11.6 Å². The molecule has 0 amide bonds. The molecule has 1 nitrogen and oxygen atoms in total. The van der Waals surface area contributed by atoms with Gasteiger partial charge in [0.2, 0.25) is 0 Å². The fourth-order valence-electron chi connectivity index (χ4n) is 1.66. The van der Waals surface area contributed by atoms with Crippen LogP contribution in [0.4, 0.5) is 8.78 Å². The summed E-state index contributed by atoms with van der Waals surface area (Å²) in [5, 5.41) is 1.50. The van der Waals surface area contributed by atoms with Crippen LogP contribution in [0.1, 0.15) is 5.56 Å². The van der Waals surface area contributed by atoms with Gasteiger partial charge in [-0.05, 0) is 17.0 Å². The second kappa shape index (κ2) is 4.66. The Morgan fingerprint density at radius 1 is 1.06 bits per heavy atom. The predicted octanol–water partition coefficient (Wildman–Crippen LogP) is 4.18. The highest BCUT2D eigenvalue weighted by molar-refractivity contribution is 6.18. The molecule has 0 unspecified atom stereocenters. The van der Waals surface area contributed by atoms with E-state index in [0.29, 0.717) is 11.3 Å². The number of alkyl halides is 3. The van der Waals surface area contributed by atoms with Gasteiger partial charge < -0.3 is 4.74 Å². The van der Waals surface area contributed by atoms with E-state index in [1.807, 2.05) is 12.1 Å². The van der Waals surface area contributed by atoms with Gasteiger partial charge in [-0.3, -0.25) is 0 Å². The van der Waals surface area contributed by atoms with E-state index >= 15 is 0 Å². The van der Waals surface area contributed by atoms with Crippen LogP contribution >= 0.6 is 11.6 Å². The van der Waals surface area contributed by atoms with Crippen LogP contribution in [-0.2, 0) is 5.88 Å². The minimum absolute atomic E-state index is 0.180. The van der Waals surface area contributed by atoms with Crippen molar-refractivity contribution in [3.8, 4) is 5.75 Å². The van der Waals surface area contributed by atoms with Crippen LogP contribution in [0.2, 0.25) is 0 Å². The molecule has 0 heterocycles. The van der Waals surface area contributed by atoms with Crippen molar-refractivity contribution in [3.63, 3.8) is 0 Å². The second-order valence-electron chi connectivity index (χ2n) is 3.28. The summed E-state index contributed by atoms with van der Waals surface area (Å²) in [4.78, 5) is 0. The quantitative estimate of drug-likeness (QED) is 0.734. The first-order valence-electron chi connectivity index (χ1n) is 4.74. The zero-order chi connectivity index (χ0) is 11.5. The molecule has 2 aromatic carbocycles. The smallest absolute Gasteiger partial charge is 0.387 e. The third-order valence-electron chi connectivity index (χ3n) is 2.33. The Morgan fingerprint density at radius 2 is 1.75 bits per heavy atom. The average Bonchev–Trinajstić information content (AvgIpc) is 2.28. The fourth-order valence-corrected chi connectivity index (χ4v) is 1.89. The Kier molecular flexibility index (Phi) is 3.25. The molecule has 0 aromatic heterocycles. The molecule has 0 fully saturated rings. The molecule has 0 aliphatic carbocycles. The van der Waals surface area contributed by atoms with Crippen molar-refractivity contribution in [1.82, 2.24) is 0 Å². The first-order valence-corrected chi connectivity index (χ1v) is 5.27. The summed E-state index contributed by atoms with van der Waals surface area (Å²) in [6.07, 6.45) is 0. The maximum Gasteiger partial charge on any atom is 0.387 e. The maximum absolute atomic E-state index is 12.2. The number of benzene rings is 2. The van der Waals surface area contributed by atoms with Gasteiger partial charge in [0.05, 0.1) is 0 Å². The Hall–Kier alpha value is -1.35. The molecule has 0 saturated carbocycles. The van der Waals surface area contributed by atoms with Crippen molar-refractivity contribution in [2.75, 3.05) is 0 Å². The third kappa shape index (κ3) is 2.09. The standard InChI is InChI=1S/C12H9ClF2O/c13-7-8-3-1-5-10-9(8)4-2-6-11(10)16-12(14)15/h1-6,12H,7H2. The number of ether oxygens (including phenoxy) is 1. The highest BCUT2D eigenvalue weighted by atomic mass is 35.5. The molecule has 84 valence electrons. The van der Waals surface area contributed by atoms with Crippen LogP contribution in [0.5, 0.6) is 5.75 Å². The summed E-state index contributed by atoms with van der Waals surface area (Å²) < 4.78 is 28.8. The first-order chi connectivity index (χ1) is 7.72. The molecule has 0 bridgehead atoms. The molecule has 0 aliphatic heterocycles. The number of hydrogen-bond acceptors (Lipinski definition) is 1. The third-order valence-corrected chi connectivity index (χ3v) is 2.62. The van der Waals surface area contributed by atoms with Gasteiger partial charge in [-0.1, -0.05) is 30.3 Å². The summed E-state index contributed by atoms with van der Waals surface area (Å²) >= 11 is 5.78. The van der Waals surface area contributed by atoms with Crippen molar-refractivity contribution in [3.05, 3.63) is 42.0 Å². The lowest BCUT2D eigenvalue weighted by Crippen LogP contribution is -2.02. The van der Waals surface area contributed by atoms with E-state index in [1.54, 1.807) is 18.2 Å². The summed E-state index contributed by atoms with van der Waals surface area (Å²) in [7, 11) is 0. The van der Waals surface area contributed by atoms with Crippen LogP contribution < -0.4 is 4.74 Å². The molecule has 0 aliphatic rings. The number of fused-ring (bicyclic) bond motifs is 1. The van der Waals surface area contributed by atoms with Crippen LogP contribution in [-0.4, -0.2) is 6.61 Å². The number of hydrogen-bond donors (Lipinski definition) is 0. The van der Waals surface area contributed by atoms with Gasteiger partial charge in [0.15, 0.2) is 0 Å². The van der Waals surface area contributed by atoms with E-state index in [2.05, 4.69) is 4.74 Å². The molecule has 0 radical (unpaired) electrons. The minimum atomic E-state index is -2.81. The van der Waals surface area contributed by atoms with Gasteiger partial charge in [-0.15, -0.1) is 11.6 Å². The maximum atomic E-state index is 12.2. The lowest BCUT2D eigenvalue weighted by molar-refractivity contribution is -0.0487. The van der Waals surface area contributed by atoms with Crippen LogP contribution in [0.15, 0.2) is 36.4 Å². The molecule has 16 heavy (non-hydrogen) atoms. The number of halogens is 3. The van der Waals surface area contributed by atoms with Crippen molar-refractivity contribution >= 4 is 22.4 Å². The summed E-state index contributed by atoms with van der Waals surface area (Å²) in [6.45, 7) is -2.81. The highest BCUT2D eigenvalue weighted by Crippen LogP contribution is 2.29. The molecular formula is C12H9ClF2O. The first kappa shape index (κ1) is 11.1. The van der Waals surface area contributed by atoms with Crippen molar-refractivity contribution in [2.45, 2.75) is 12.5 Å². The normalized spacial score (nSPS) is 11.0. The van der Waals surface area contributed by atoms with E-state index < -0.39 is 6.61 Å². The Morgan fingerprint density at radius 3 is 2.44 bits per heavy atom. The number of rotatable bonds is 3. The lowest BCUT2D eigenvalue weighted by Gasteiger charge is -2.09. The van der Waals surface area contributed by atoms with E-state index in [0.717, 1.165) is 10.9 Å². The van der Waals surface area contributed by atoms with Crippen molar-refractivity contribution in [1.29, 1.82) is 0 Å². The summed E-state index contributed by atoms with van der Waals surface area (Å²) in [5.74, 6) is 0.523. The Labute approximate surface area is 96.6 Å². The Balaban J connectivity index is 2.59. The molecule has 4 heteroatoms. The van der Waals surface area contributed by atoms with Crippen LogP contribution in [0.3, 0.4) is 0 Å². The monoisotopic (exact) mass is 242 g/mol. The lowest BCUT2D eigenvalue weighted by atomic mass is 10.1. The summed E-state index contributed by atoms with van der Waals surface area (Å²) in [5.41, 5.74) is 0.902. The van der Waals surface area contributed by atoms with Gasteiger partial charge in [0, 0.05) is 11.3 Å². The molecular weight excluding hydrogens is 234 g/mol. The minimum Gasteiger partial charge on any atom is -0.434 e. The van der Waals surface area contributed by atoms with Crippen molar-refractivity contribution in [2.24, 2.45) is 0 Å². The zero-order valence-electron chi connectivity index (χ0n) is 8.29. The average molecular weight is 243 g/mol. The Bertz CT molecular complexity index is 499. The predicted molar refractivity (Wildman–Crippen MR) is 60.1 cm³/mol. The van der Waals surface area contributed by atoms with E-state index in [1.165, 1.54) is 6.07 Å². The molecule has 0 spiro atoms. The van der Waals surface area contributed by atoms with Gasteiger partial charge in [-0.25, -0.2) is 0 Å². The van der Waals surface area contributed by atoms with E-state index in [9.17, 15) is 8.78 Å². The molecule has 0 saturated heterocycles. The largest absolute Gasteiger partial charge is 0.434 e. The molecule has 0 N–H and O–H groups in total.